The van der Waals surface area contributed by atoms with E-state index in [1.807, 2.05) is 11.8 Å². The van der Waals surface area contributed by atoms with E-state index in [-0.39, 0.29) is 0 Å². The largest absolute Gasteiger partial charge is 0.309 e. The van der Waals surface area contributed by atoms with Crippen molar-refractivity contribution < 1.29 is 4.21 Å². The predicted octanol–water partition coefficient (Wildman–Crippen LogP) is 1.87. The third-order valence-electron chi connectivity index (χ3n) is 3.09. The van der Waals surface area contributed by atoms with Crippen LogP contribution >= 0.6 is 11.8 Å². The number of hydrogen-bond donors (Lipinski definition) is 1. The maximum Gasteiger partial charge on any atom is 0.0383 e. The Kier molecular flexibility index (Phi) is 5.13. The van der Waals surface area contributed by atoms with Crippen LogP contribution in [0.5, 0.6) is 0 Å². The van der Waals surface area contributed by atoms with Crippen LogP contribution in [0.4, 0.5) is 0 Å². The zero-order valence-corrected chi connectivity index (χ0v) is 11.8. The summed E-state index contributed by atoms with van der Waals surface area (Å²) in [6, 6.07) is 0.925. The van der Waals surface area contributed by atoms with Crippen molar-refractivity contribution >= 4 is 22.6 Å². The first-order valence-corrected chi connectivity index (χ1v) is 8.44. The van der Waals surface area contributed by atoms with Crippen molar-refractivity contribution in [2.24, 2.45) is 5.41 Å². The molecule has 0 aromatic rings. The quantitative estimate of drug-likeness (QED) is 0.825. The molecule has 0 radical (unpaired) electrons. The molecule has 0 aromatic carbocycles. The van der Waals surface area contributed by atoms with Gasteiger partial charge in [0.2, 0.25) is 0 Å². The molecule has 0 aromatic heterocycles. The lowest BCUT2D eigenvalue weighted by molar-refractivity contribution is 0.235. The van der Waals surface area contributed by atoms with E-state index in [1.165, 1.54) is 17.9 Å². The number of rotatable bonds is 4. The van der Waals surface area contributed by atoms with Gasteiger partial charge in [0.25, 0.3) is 0 Å². The summed E-state index contributed by atoms with van der Waals surface area (Å²) in [5.74, 6) is 3.23. The molecule has 0 spiro atoms. The maximum absolute atomic E-state index is 11.1. The van der Waals surface area contributed by atoms with Gasteiger partial charge in [-0.15, -0.1) is 0 Å². The summed E-state index contributed by atoms with van der Waals surface area (Å²) in [7, 11) is -0.694. The molecule has 1 aliphatic rings. The fraction of sp³-hybridized carbons (Fsp3) is 1.00. The highest BCUT2D eigenvalue weighted by molar-refractivity contribution is 7.99. The summed E-state index contributed by atoms with van der Waals surface area (Å²) in [5, 5.41) is 3.63. The van der Waals surface area contributed by atoms with E-state index in [4.69, 9.17) is 0 Å². The molecule has 2 nitrogen and oxygen atoms in total. The topological polar surface area (TPSA) is 29.1 Å². The molecule has 90 valence electrons. The van der Waals surface area contributed by atoms with Crippen molar-refractivity contribution in [1.82, 2.24) is 5.32 Å². The van der Waals surface area contributed by atoms with Gasteiger partial charge in [0.15, 0.2) is 0 Å². The molecule has 1 N–H and O–H groups in total. The van der Waals surface area contributed by atoms with E-state index in [1.54, 1.807) is 6.26 Å². The molecule has 0 amide bonds. The summed E-state index contributed by atoms with van der Waals surface area (Å²) >= 11 is 2.03. The van der Waals surface area contributed by atoms with E-state index in [0.29, 0.717) is 17.5 Å². The van der Waals surface area contributed by atoms with Crippen LogP contribution in [0.2, 0.25) is 0 Å². The highest BCUT2D eigenvalue weighted by Gasteiger charge is 2.33. The molecule has 1 saturated heterocycles. The molecule has 1 fully saturated rings. The van der Waals surface area contributed by atoms with E-state index in [2.05, 4.69) is 26.1 Å². The average molecular weight is 249 g/mol. The third kappa shape index (κ3) is 4.45. The van der Waals surface area contributed by atoms with E-state index in [9.17, 15) is 4.21 Å². The Bertz CT molecular complexity index is 231. The summed E-state index contributed by atoms with van der Waals surface area (Å²) in [6.07, 6.45) is 3.05. The molecule has 15 heavy (non-hydrogen) atoms. The Morgan fingerprint density at radius 2 is 2.27 bits per heavy atom. The molecule has 1 aliphatic heterocycles. The molecule has 0 saturated carbocycles. The monoisotopic (exact) mass is 249 g/mol. The second-order valence-corrected chi connectivity index (χ2v) is 7.80. The van der Waals surface area contributed by atoms with Crippen LogP contribution in [0.15, 0.2) is 0 Å². The van der Waals surface area contributed by atoms with Crippen LogP contribution in [0.25, 0.3) is 0 Å². The first-order chi connectivity index (χ1) is 6.92. The highest BCUT2D eigenvalue weighted by atomic mass is 32.2. The van der Waals surface area contributed by atoms with Gasteiger partial charge in [-0.2, -0.15) is 11.8 Å². The highest BCUT2D eigenvalue weighted by Crippen LogP contribution is 2.34. The van der Waals surface area contributed by atoms with Crippen molar-refractivity contribution in [2.45, 2.75) is 39.3 Å². The number of thioether (sulfide) groups is 1. The minimum Gasteiger partial charge on any atom is -0.309 e. The minimum atomic E-state index is -0.694. The van der Waals surface area contributed by atoms with Crippen LogP contribution in [-0.2, 0) is 10.8 Å². The van der Waals surface area contributed by atoms with Crippen molar-refractivity contribution in [1.29, 1.82) is 0 Å². The Morgan fingerprint density at radius 3 is 2.80 bits per heavy atom. The summed E-state index contributed by atoms with van der Waals surface area (Å²) < 4.78 is 11.1. The van der Waals surface area contributed by atoms with Crippen LogP contribution in [-0.4, -0.2) is 39.8 Å². The molecule has 0 aliphatic carbocycles. The summed E-state index contributed by atoms with van der Waals surface area (Å²) in [6.45, 7) is 6.80. The molecule has 0 bridgehead atoms. The normalized spacial score (nSPS) is 29.7. The minimum absolute atomic E-state index is 0.360. The first kappa shape index (κ1) is 13.5. The van der Waals surface area contributed by atoms with Gasteiger partial charge in [0, 0.05) is 40.6 Å². The molecule has 3 atom stereocenters. The smallest absolute Gasteiger partial charge is 0.0383 e. The summed E-state index contributed by atoms with van der Waals surface area (Å²) in [5.41, 5.74) is 0.384. The van der Waals surface area contributed by atoms with Gasteiger partial charge in [-0.1, -0.05) is 13.8 Å². The van der Waals surface area contributed by atoms with Gasteiger partial charge < -0.3 is 5.32 Å². The van der Waals surface area contributed by atoms with Gasteiger partial charge in [0.1, 0.15) is 0 Å². The molecule has 4 heteroatoms. The lowest BCUT2D eigenvalue weighted by Gasteiger charge is -2.40. The predicted molar refractivity (Wildman–Crippen MR) is 71.0 cm³/mol. The van der Waals surface area contributed by atoms with E-state index >= 15 is 0 Å². The molecule has 1 heterocycles. The van der Waals surface area contributed by atoms with E-state index < -0.39 is 10.8 Å². The zero-order chi connectivity index (χ0) is 11.5. The Labute approximate surface area is 100 Å². The van der Waals surface area contributed by atoms with Gasteiger partial charge >= 0.3 is 0 Å². The summed E-state index contributed by atoms with van der Waals surface area (Å²) in [4.78, 5) is 0. The SMILES string of the molecule is CC(CS(C)=O)NC1CSCCC1(C)C. The van der Waals surface area contributed by atoms with Crippen LogP contribution in [0, 0.1) is 5.41 Å². The fourth-order valence-corrected chi connectivity index (χ4v) is 4.37. The molecular weight excluding hydrogens is 226 g/mol. The second kappa shape index (κ2) is 5.69. The Morgan fingerprint density at radius 1 is 1.60 bits per heavy atom. The van der Waals surface area contributed by atoms with Crippen molar-refractivity contribution in [3.8, 4) is 0 Å². The fourth-order valence-electron chi connectivity index (χ4n) is 1.95. The van der Waals surface area contributed by atoms with Crippen LogP contribution < -0.4 is 5.32 Å². The van der Waals surface area contributed by atoms with Crippen LogP contribution in [0.1, 0.15) is 27.2 Å². The van der Waals surface area contributed by atoms with Crippen LogP contribution in [0.3, 0.4) is 0 Å². The Hall–Kier alpha value is 0.460. The third-order valence-corrected chi connectivity index (χ3v) is 5.12. The lowest BCUT2D eigenvalue weighted by Crippen LogP contribution is -2.51. The standard InChI is InChI=1S/C11H23NOS2/c1-9(8-15(4)13)12-10-7-14-6-5-11(10,2)3/h9-10,12H,5-8H2,1-4H3. The van der Waals surface area contributed by atoms with Gasteiger partial charge in [-0.05, 0) is 24.5 Å². The first-order valence-electron chi connectivity index (χ1n) is 5.55. The number of hydrogen-bond acceptors (Lipinski definition) is 3. The number of nitrogens with one attached hydrogen (secondary N) is 1. The second-order valence-electron chi connectivity index (χ2n) is 5.17. The Balaban J connectivity index is 2.45. The molecule has 1 rings (SSSR count). The van der Waals surface area contributed by atoms with Gasteiger partial charge in [-0.3, -0.25) is 4.21 Å². The van der Waals surface area contributed by atoms with Crippen molar-refractivity contribution in [2.75, 3.05) is 23.5 Å². The van der Waals surface area contributed by atoms with Gasteiger partial charge in [-0.25, -0.2) is 0 Å². The lowest BCUT2D eigenvalue weighted by atomic mass is 9.82. The van der Waals surface area contributed by atoms with Crippen molar-refractivity contribution in [3.63, 3.8) is 0 Å². The molecule has 3 unspecified atom stereocenters. The zero-order valence-electron chi connectivity index (χ0n) is 10.2. The van der Waals surface area contributed by atoms with E-state index in [0.717, 1.165) is 5.75 Å². The molecular formula is C11H23NOS2. The van der Waals surface area contributed by atoms with Crippen molar-refractivity contribution in [3.05, 3.63) is 0 Å². The maximum atomic E-state index is 11.1. The van der Waals surface area contributed by atoms with Gasteiger partial charge in [0.05, 0.1) is 0 Å². The average Bonchev–Trinajstić information content (AvgIpc) is 2.07.